The van der Waals surface area contributed by atoms with Gasteiger partial charge in [0.2, 0.25) is 0 Å². The number of fused-ring (bicyclic) bond motifs is 2. The number of rotatable bonds is 4. The van der Waals surface area contributed by atoms with Gasteiger partial charge < -0.3 is 4.74 Å². The summed E-state index contributed by atoms with van der Waals surface area (Å²) in [5.41, 5.74) is 5.46. The van der Waals surface area contributed by atoms with Crippen molar-refractivity contribution in [3.05, 3.63) is 182 Å². The molecule has 0 fully saturated rings. The molecule has 0 bridgehead atoms. The molecule has 236 valence electrons. The van der Waals surface area contributed by atoms with Crippen molar-refractivity contribution in [1.82, 2.24) is 0 Å². The van der Waals surface area contributed by atoms with Gasteiger partial charge in [-0.25, -0.2) is 0 Å². The highest BCUT2D eigenvalue weighted by atomic mass is 16.5. The molecule has 0 unspecified atom stereocenters. The Bertz CT molecular complexity index is 3410. The van der Waals surface area contributed by atoms with Crippen LogP contribution in [0.4, 0.5) is 0 Å². The molecule has 1 heterocycles. The van der Waals surface area contributed by atoms with E-state index in [4.69, 9.17) is 11.6 Å². The van der Waals surface area contributed by atoms with Crippen LogP contribution in [-0.2, 0) is 0 Å². The summed E-state index contributed by atoms with van der Waals surface area (Å²) in [4.78, 5) is 0. The van der Waals surface area contributed by atoms with Gasteiger partial charge >= 0.3 is 0 Å². The van der Waals surface area contributed by atoms with Gasteiger partial charge in [-0.3, -0.25) is 0 Å². The van der Waals surface area contributed by atoms with Crippen LogP contribution in [0.15, 0.2) is 182 Å². The van der Waals surface area contributed by atoms with Crippen LogP contribution in [0.1, 0.15) is 11.0 Å². The highest BCUT2D eigenvalue weighted by molar-refractivity contribution is 6.25. The van der Waals surface area contributed by atoms with Crippen molar-refractivity contribution in [1.29, 1.82) is 0 Å². The van der Waals surface area contributed by atoms with E-state index >= 15 is 0 Å². The molecule has 0 atom stereocenters. The molecular weight excluding hydrogens is 617 g/mol. The standard InChI is InChI=1S/C50H30O/c1-3-9-31(10-4-1)37-27-38(29-39(28-37)41-22-19-35-18-17-33-13-7-14-34-20-23-44(41)49(35)48(33)34)36-21-25-46-45(30-36)43-16-8-15-42-40(32-11-5-2-6-12-32)24-26-47(51-46)50(42)43/h1-30H/i2D,5D,6D,11D,12D,27D,28D,29D. The molecule has 1 heteroatoms. The molecule has 0 N–H and O–H groups in total. The summed E-state index contributed by atoms with van der Waals surface area (Å²) < 4.78 is 78.1. The summed E-state index contributed by atoms with van der Waals surface area (Å²) in [7, 11) is 0. The molecule has 0 aliphatic carbocycles. The van der Waals surface area contributed by atoms with Gasteiger partial charge in [-0.2, -0.15) is 0 Å². The van der Waals surface area contributed by atoms with Gasteiger partial charge in [-0.15, -0.1) is 0 Å². The van der Waals surface area contributed by atoms with Gasteiger partial charge in [0, 0.05) is 10.9 Å². The summed E-state index contributed by atoms with van der Waals surface area (Å²) in [5, 5.41) is 7.86. The molecular formula is C50H30O. The van der Waals surface area contributed by atoms with E-state index in [2.05, 4.69) is 48.5 Å². The molecule has 51 heavy (non-hydrogen) atoms. The maximum absolute atomic E-state index is 9.93. The molecule has 10 aromatic rings. The van der Waals surface area contributed by atoms with E-state index in [0.717, 1.165) is 54.4 Å². The van der Waals surface area contributed by atoms with Gasteiger partial charge in [-0.05, 0) is 124 Å². The lowest BCUT2D eigenvalue weighted by molar-refractivity contribution is 0.487. The Hall–Kier alpha value is -6.70. The number of hydrogen-bond acceptors (Lipinski definition) is 1. The van der Waals surface area contributed by atoms with Crippen LogP contribution in [0.3, 0.4) is 0 Å². The second-order valence-corrected chi connectivity index (χ2v) is 13.0. The highest BCUT2D eigenvalue weighted by Gasteiger charge is 2.23. The summed E-state index contributed by atoms with van der Waals surface area (Å²) in [5.74, 6) is 1.14. The summed E-state index contributed by atoms with van der Waals surface area (Å²) in [6, 6.07) is 41.6. The Kier molecular flexibility index (Phi) is 4.57. The van der Waals surface area contributed by atoms with Crippen molar-refractivity contribution in [2.24, 2.45) is 0 Å². The number of benzene rings is 10. The maximum Gasteiger partial charge on any atom is 0.135 e. The fraction of sp³-hybridized carbons (Fsp3) is 0. The third-order valence-electron chi connectivity index (χ3n) is 10.2. The van der Waals surface area contributed by atoms with Gasteiger partial charge in [0.05, 0.1) is 11.0 Å². The maximum atomic E-state index is 9.93. The monoisotopic (exact) mass is 654 g/mol. The highest BCUT2D eigenvalue weighted by Crippen LogP contribution is 2.50. The Labute approximate surface area is 307 Å². The van der Waals surface area contributed by atoms with Crippen LogP contribution in [0.2, 0.25) is 0 Å². The first-order valence-electron chi connectivity index (χ1n) is 20.9. The first-order chi connectivity index (χ1) is 28.6. The molecule has 0 saturated carbocycles. The normalized spacial score (nSPS) is 14.3. The summed E-state index contributed by atoms with van der Waals surface area (Å²) >= 11 is 0. The predicted octanol–water partition coefficient (Wildman–Crippen LogP) is 14.2. The van der Waals surface area contributed by atoms with E-state index in [1.54, 1.807) is 12.1 Å². The molecule has 0 aromatic heterocycles. The first-order valence-corrected chi connectivity index (χ1v) is 16.9. The van der Waals surface area contributed by atoms with E-state index < -0.39 is 18.1 Å². The van der Waals surface area contributed by atoms with E-state index in [1.165, 1.54) is 0 Å². The zero-order valence-corrected chi connectivity index (χ0v) is 27.1. The Morgan fingerprint density at radius 1 is 0.353 bits per heavy atom. The molecule has 1 aliphatic heterocycles. The molecule has 0 radical (unpaired) electrons. The Morgan fingerprint density at radius 2 is 1.00 bits per heavy atom. The SMILES string of the molecule is [2H]c1c([2H])c([2H])c(-c2ccc3c4c(cccc24)-c2cc(-c4c([2H])c(-c5ccccc5)c([2H])c(-c5ccc6ccc7cccc8ccc5c6c78)c4[2H])ccc2O3)c([2H])c1[2H]. The minimum atomic E-state index is -0.449. The van der Waals surface area contributed by atoms with Gasteiger partial charge in [0.25, 0.3) is 0 Å². The second-order valence-electron chi connectivity index (χ2n) is 13.0. The van der Waals surface area contributed by atoms with Crippen LogP contribution >= 0.6 is 0 Å². The lowest BCUT2D eigenvalue weighted by atomic mass is 9.87. The van der Waals surface area contributed by atoms with Crippen molar-refractivity contribution >= 4 is 43.1 Å². The smallest absolute Gasteiger partial charge is 0.135 e. The van der Waals surface area contributed by atoms with Crippen LogP contribution in [0.25, 0.3) is 98.7 Å². The molecule has 0 spiro atoms. The predicted molar refractivity (Wildman–Crippen MR) is 215 cm³/mol. The number of hydrogen-bond donors (Lipinski definition) is 0. The average molecular weight is 655 g/mol. The van der Waals surface area contributed by atoms with Crippen LogP contribution in [0, 0.1) is 0 Å². The summed E-state index contributed by atoms with van der Waals surface area (Å²) in [6.45, 7) is 0. The lowest BCUT2D eigenvalue weighted by Crippen LogP contribution is -1.98. The van der Waals surface area contributed by atoms with E-state index in [0.29, 0.717) is 50.3 Å². The van der Waals surface area contributed by atoms with Gasteiger partial charge in [0.1, 0.15) is 11.5 Å². The Balaban J connectivity index is 1.16. The fourth-order valence-electron chi connectivity index (χ4n) is 7.84. The lowest BCUT2D eigenvalue weighted by Gasteiger charge is -2.23. The van der Waals surface area contributed by atoms with Crippen molar-refractivity contribution in [3.63, 3.8) is 0 Å². The molecule has 1 nitrogen and oxygen atoms in total. The van der Waals surface area contributed by atoms with Crippen molar-refractivity contribution < 1.29 is 15.7 Å². The molecule has 1 aliphatic rings. The number of ether oxygens (including phenoxy) is 1. The minimum Gasteiger partial charge on any atom is -0.456 e. The molecule has 10 aromatic carbocycles. The average Bonchev–Trinajstić information content (AvgIpc) is 3.26. The quantitative estimate of drug-likeness (QED) is 0.172. The molecule has 11 rings (SSSR count). The van der Waals surface area contributed by atoms with Crippen LogP contribution < -0.4 is 4.74 Å². The largest absolute Gasteiger partial charge is 0.456 e. The zero-order valence-electron chi connectivity index (χ0n) is 35.1. The van der Waals surface area contributed by atoms with Gasteiger partial charge in [-0.1, -0.05) is 145 Å². The fourth-order valence-corrected chi connectivity index (χ4v) is 7.84. The Morgan fingerprint density at radius 3 is 1.84 bits per heavy atom. The van der Waals surface area contributed by atoms with Gasteiger partial charge in [0.15, 0.2) is 0 Å². The van der Waals surface area contributed by atoms with Crippen molar-refractivity contribution in [2.75, 3.05) is 0 Å². The second kappa shape index (κ2) is 10.9. The van der Waals surface area contributed by atoms with E-state index in [1.807, 2.05) is 72.8 Å². The minimum absolute atomic E-state index is 0.0754. The van der Waals surface area contributed by atoms with Crippen molar-refractivity contribution in [2.45, 2.75) is 0 Å². The van der Waals surface area contributed by atoms with E-state index in [9.17, 15) is 4.11 Å². The van der Waals surface area contributed by atoms with E-state index in [-0.39, 0.29) is 35.8 Å². The molecule has 0 saturated heterocycles. The van der Waals surface area contributed by atoms with Crippen LogP contribution in [0.5, 0.6) is 11.5 Å². The van der Waals surface area contributed by atoms with Crippen LogP contribution in [-0.4, -0.2) is 0 Å². The zero-order chi connectivity index (χ0) is 40.4. The molecule has 0 amide bonds. The van der Waals surface area contributed by atoms with Crippen molar-refractivity contribution in [3.8, 4) is 67.1 Å². The third-order valence-corrected chi connectivity index (χ3v) is 10.2. The topological polar surface area (TPSA) is 9.23 Å². The summed E-state index contributed by atoms with van der Waals surface area (Å²) in [6.07, 6.45) is 0. The third kappa shape index (κ3) is 4.35. The first kappa shape index (κ1) is 21.4.